The molecule has 3 amide bonds. The van der Waals surface area contributed by atoms with E-state index in [2.05, 4.69) is 21.2 Å². The molecule has 1 unspecified atom stereocenters. The first-order valence-corrected chi connectivity index (χ1v) is 9.97. The number of aryl methyl sites for hydroxylation is 1. The molecule has 7 heteroatoms. The number of benzene rings is 2. The molecule has 7 nitrogen and oxygen atoms in total. The van der Waals surface area contributed by atoms with Crippen LogP contribution >= 0.6 is 0 Å². The average Bonchev–Trinajstić information content (AvgIpc) is 2.72. The third-order valence-electron chi connectivity index (χ3n) is 4.91. The van der Waals surface area contributed by atoms with Gasteiger partial charge in [-0.1, -0.05) is 43.7 Å². The number of nitrogens with one attached hydrogen (secondary N) is 3. The third-order valence-corrected chi connectivity index (χ3v) is 4.91. The van der Waals surface area contributed by atoms with E-state index in [4.69, 9.17) is 0 Å². The van der Waals surface area contributed by atoms with Crippen molar-refractivity contribution in [2.75, 3.05) is 5.32 Å². The number of hydrazone groups is 1. The number of carbonyl (C=O) groups is 3. The van der Waals surface area contributed by atoms with E-state index in [1.165, 1.54) is 0 Å². The second-order valence-corrected chi connectivity index (χ2v) is 7.72. The third kappa shape index (κ3) is 5.31. The number of hydrogen-bond acceptors (Lipinski definition) is 4. The molecule has 0 aliphatic carbocycles. The number of anilines is 1. The summed E-state index contributed by atoms with van der Waals surface area (Å²) < 4.78 is 0. The van der Waals surface area contributed by atoms with Gasteiger partial charge in [-0.25, -0.2) is 5.43 Å². The first kappa shape index (κ1) is 21.2. The van der Waals surface area contributed by atoms with Crippen LogP contribution in [0, 0.1) is 12.8 Å². The van der Waals surface area contributed by atoms with Gasteiger partial charge in [-0.05, 0) is 42.7 Å². The van der Waals surface area contributed by atoms with Crippen LogP contribution in [0.15, 0.2) is 53.6 Å². The highest BCUT2D eigenvalue weighted by atomic mass is 16.2. The Morgan fingerprint density at radius 3 is 2.40 bits per heavy atom. The predicted octanol–water partition coefficient (Wildman–Crippen LogP) is 3.00. The molecule has 1 atom stereocenters. The number of carbonyl (C=O) groups excluding carboxylic acids is 3. The molecule has 2 aromatic carbocycles. The Balaban J connectivity index is 1.66. The Morgan fingerprint density at radius 1 is 1.07 bits per heavy atom. The van der Waals surface area contributed by atoms with Crippen molar-refractivity contribution in [1.82, 2.24) is 10.7 Å². The van der Waals surface area contributed by atoms with Gasteiger partial charge in [-0.2, -0.15) is 5.10 Å². The molecule has 156 valence electrons. The van der Waals surface area contributed by atoms with Gasteiger partial charge in [0.05, 0.1) is 5.71 Å². The van der Waals surface area contributed by atoms with Gasteiger partial charge < -0.3 is 10.6 Å². The van der Waals surface area contributed by atoms with E-state index in [1.54, 1.807) is 24.3 Å². The zero-order chi connectivity index (χ0) is 21.7. The van der Waals surface area contributed by atoms with Crippen LogP contribution < -0.4 is 16.1 Å². The number of nitrogens with zero attached hydrogens (tertiary/aromatic N) is 1. The van der Waals surface area contributed by atoms with Crippen LogP contribution in [0.2, 0.25) is 0 Å². The lowest BCUT2D eigenvalue weighted by molar-refractivity contribution is -0.121. The predicted molar refractivity (Wildman–Crippen MR) is 116 cm³/mol. The van der Waals surface area contributed by atoms with Crippen LogP contribution in [0.1, 0.15) is 48.2 Å². The fourth-order valence-electron chi connectivity index (χ4n) is 3.19. The molecule has 0 saturated heterocycles. The maximum Gasteiger partial charge on any atom is 0.251 e. The Morgan fingerprint density at radius 2 is 1.80 bits per heavy atom. The molecule has 3 rings (SSSR count). The molecule has 0 radical (unpaired) electrons. The summed E-state index contributed by atoms with van der Waals surface area (Å²) in [6, 6.07) is 13.8. The SMILES string of the molecule is Cc1cccc(C(=O)NC(C(=O)Nc2ccc(C3=NNC(=O)CC3)cc2)C(C)C)c1. The van der Waals surface area contributed by atoms with Crippen LogP contribution in [-0.4, -0.2) is 29.5 Å². The summed E-state index contributed by atoms with van der Waals surface area (Å²) in [6.45, 7) is 5.69. The van der Waals surface area contributed by atoms with Gasteiger partial charge in [0.25, 0.3) is 5.91 Å². The van der Waals surface area contributed by atoms with E-state index in [0.29, 0.717) is 24.1 Å². The molecule has 0 aromatic heterocycles. The normalized spacial score (nSPS) is 14.5. The lowest BCUT2D eigenvalue weighted by Gasteiger charge is -2.22. The van der Waals surface area contributed by atoms with Crippen LogP contribution in [-0.2, 0) is 9.59 Å². The molecule has 0 spiro atoms. The van der Waals surface area contributed by atoms with E-state index in [0.717, 1.165) is 16.8 Å². The highest BCUT2D eigenvalue weighted by Crippen LogP contribution is 2.16. The van der Waals surface area contributed by atoms with Crippen molar-refractivity contribution in [3.05, 3.63) is 65.2 Å². The minimum Gasteiger partial charge on any atom is -0.340 e. The van der Waals surface area contributed by atoms with Gasteiger partial charge in [0.1, 0.15) is 6.04 Å². The summed E-state index contributed by atoms with van der Waals surface area (Å²) >= 11 is 0. The average molecular weight is 406 g/mol. The molecule has 0 fully saturated rings. The summed E-state index contributed by atoms with van der Waals surface area (Å²) in [7, 11) is 0. The van der Waals surface area contributed by atoms with Gasteiger partial charge in [0.15, 0.2) is 0 Å². The summed E-state index contributed by atoms with van der Waals surface area (Å²) in [4.78, 5) is 36.6. The Kier molecular flexibility index (Phi) is 6.61. The standard InChI is InChI=1S/C23H26N4O3/c1-14(2)21(25-22(29)17-6-4-5-15(3)13-17)23(30)24-18-9-7-16(8-10-18)19-11-12-20(28)27-26-19/h4-10,13-14,21H,11-12H2,1-3H3,(H,24,30)(H,25,29)(H,27,28). The monoisotopic (exact) mass is 406 g/mol. The molecular weight excluding hydrogens is 380 g/mol. The van der Waals surface area contributed by atoms with Gasteiger partial charge >= 0.3 is 0 Å². The number of amides is 3. The molecule has 0 bridgehead atoms. The Bertz CT molecular complexity index is 980. The Hall–Kier alpha value is -3.48. The van der Waals surface area contributed by atoms with Crippen LogP contribution in [0.25, 0.3) is 0 Å². The largest absolute Gasteiger partial charge is 0.340 e. The molecular formula is C23H26N4O3. The van der Waals surface area contributed by atoms with Gasteiger partial charge in [0, 0.05) is 24.1 Å². The molecule has 3 N–H and O–H groups in total. The van der Waals surface area contributed by atoms with Gasteiger partial charge in [-0.3, -0.25) is 14.4 Å². The minimum atomic E-state index is -0.671. The quantitative estimate of drug-likeness (QED) is 0.688. The lowest BCUT2D eigenvalue weighted by Crippen LogP contribution is -2.47. The lowest BCUT2D eigenvalue weighted by atomic mass is 10.0. The summed E-state index contributed by atoms with van der Waals surface area (Å²) in [5.41, 5.74) is 6.31. The highest BCUT2D eigenvalue weighted by molar-refractivity contribution is 6.05. The van der Waals surface area contributed by atoms with Crippen molar-refractivity contribution in [2.45, 2.75) is 39.7 Å². The minimum absolute atomic E-state index is 0.0850. The second kappa shape index (κ2) is 9.35. The van der Waals surface area contributed by atoms with Crippen molar-refractivity contribution in [1.29, 1.82) is 0 Å². The highest BCUT2D eigenvalue weighted by Gasteiger charge is 2.25. The molecule has 0 saturated carbocycles. The van der Waals surface area contributed by atoms with Crippen LogP contribution in [0.3, 0.4) is 0 Å². The van der Waals surface area contributed by atoms with E-state index in [1.807, 2.05) is 45.0 Å². The van der Waals surface area contributed by atoms with Crippen molar-refractivity contribution < 1.29 is 14.4 Å². The van der Waals surface area contributed by atoms with E-state index in [-0.39, 0.29) is 23.6 Å². The summed E-state index contributed by atoms with van der Waals surface area (Å²) in [6.07, 6.45) is 0.992. The summed E-state index contributed by atoms with van der Waals surface area (Å²) in [5, 5.41) is 9.78. The van der Waals surface area contributed by atoms with Crippen molar-refractivity contribution >= 4 is 29.1 Å². The van der Waals surface area contributed by atoms with Crippen LogP contribution in [0.5, 0.6) is 0 Å². The second-order valence-electron chi connectivity index (χ2n) is 7.72. The molecule has 1 aliphatic rings. The molecule has 1 heterocycles. The first-order chi connectivity index (χ1) is 14.3. The van der Waals surface area contributed by atoms with Crippen molar-refractivity contribution in [3.8, 4) is 0 Å². The van der Waals surface area contributed by atoms with E-state index in [9.17, 15) is 14.4 Å². The fraction of sp³-hybridized carbons (Fsp3) is 0.304. The van der Waals surface area contributed by atoms with Crippen LogP contribution in [0.4, 0.5) is 5.69 Å². The molecule has 1 aliphatic heterocycles. The first-order valence-electron chi connectivity index (χ1n) is 9.97. The Labute approximate surface area is 175 Å². The molecule has 2 aromatic rings. The van der Waals surface area contributed by atoms with Gasteiger partial charge in [-0.15, -0.1) is 0 Å². The smallest absolute Gasteiger partial charge is 0.251 e. The van der Waals surface area contributed by atoms with Gasteiger partial charge in [0.2, 0.25) is 11.8 Å². The molecule has 30 heavy (non-hydrogen) atoms. The topological polar surface area (TPSA) is 99.7 Å². The zero-order valence-electron chi connectivity index (χ0n) is 17.4. The maximum absolute atomic E-state index is 12.8. The maximum atomic E-state index is 12.8. The fourth-order valence-corrected chi connectivity index (χ4v) is 3.19. The zero-order valence-corrected chi connectivity index (χ0v) is 17.4. The van der Waals surface area contributed by atoms with E-state index >= 15 is 0 Å². The number of hydrogen-bond donors (Lipinski definition) is 3. The summed E-state index contributed by atoms with van der Waals surface area (Å²) in [5.74, 6) is -0.727. The number of rotatable bonds is 6. The van der Waals surface area contributed by atoms with E-state index < -0.39 is 6.04 Å². The van der Waals surface area contributed by atoms with Crippen molar-refractivity contribution in [3.63, 3.8) is 0 Å². The van der Waals surface area contributed by atoms with Crippen molar-refractivity contribution in [2.24, 2.45) is 11.0 Å².